The summed E-state index contributed by atoms with van der Waals surface area (Å²) in [5, 5.41) is 0.571. The van der Waals surface area contributed by atoms with E-state index in [1.54, 1.807) is 6.07 Å². The maximum absolute atomic E-state index is 13.2. The first kappa shape index (κ1) is 15.1. The number of hydrogen-bond acceptors (Lipinski definition) is 0. The molecule has 0 nitrogen and oxygen atoms in total. The van der Waals surface area contributed by atoms with Gasteiger partial charge in [-0.15, -0.1) is 23.2 Å². The molecule has 96 valence electrons. The summed E-state index contributed by atoms with van der Waals surface area (Å²) >= 11 is 18.1. The maximum atomic E-state index is 13.2. The van der Waals surface area contributed by atoms with Crippen molar-refractivity contribution in [2.75, 3.05) is 11.8 Å². The Morgan fingerprint density at radius 2 is 1.88 bits per heavy atom. The lowest BCUT2D eigenvalue weighted by Gasteiger charge is -2.29. The second-order valence-corrected chi connectivity index (χ2v) is 5.37. The molecule has 4 heteroatoms. The van der Waals surface area contributed by atoms with Crippen LogP contribution in [0.15, 0.2) is 18.2 Å². The van der Waals surface area contributed by atoms with Crippen molar-refractivity contribution < 1.29 is 4.39 Å². The Morgan fingerprint density at radius 1 is 1.24 bits per heavy atom. The second-order valence-electron chi connectivity index (χ2n) is 4.43. The Morgan fingerprint density at radius 3 is 2.41 bits per heavy atom. The van der Waals surface area contributed by atoms with E-state index in [9.17, 15) is 4.39 Å². The molecule has 0 fully saturated rings. The summed E-state index contributed by atoms with van der Waals surface area (Å²) in [6.07, 6.45) is 2.52. The lowest BCUT2D eigenvalue weighted by molar-refractivity contribution is 0.340. The van der Waals surface area contributed by atoms with Crippen molar-refractivity contribution in [2.24, 2.45) is 5.41 Å². The van der Waals surface area contributed by atoms with E-state index >= 15 is 0 Å². The predicted octanol–water partition coefficient (Wildman–Crippen LogP) is 5.29. The van der Waals surface area contributed by atoms with Gasteiger partial charge in [0.15, 0.2) is 0 Å². The molecule has 0 atom stereocenters. The van der Waals surface area contributed by atoms with Crippen molar-refractivity contribution in [1.82, 2.24) is 0 Å². The van der Waals surface area contributed by atoms with Crippen LogP contribution >= 0.6 is 34.8 Å². The standard InChI is InChI=1S/C13H16Cl3F/c1-2-5-13(8-14,9-15)7-10-6-11(17)3-4-12(10)16/h3-4,6H,2,5,7-9H2,1H3. The van der Waals surface area contributed by atoms with Gasteiger partial charge in [-0.25, -0.2) is 4.39 Å². The third kappa shape index (κ3) is 4.01. The number of alkyl halides is 2. The van der Waals surface area contributed by atoms with Gasteiger partial charge in [-0.2, -0.15) is 0 Å². The van der Waals surface area contributed by atoms with E-state index in [0.717, 1.165) is 18.4 Å². The zero-order valence-corrected chi connectivity index (χ0v) is 12.0. The number of benzene rings is 1. The highest BCUT2D eigenvalue weighted by Gasteiger charge is 2.28. The summed E-state index contributed by atoms with van der Waals surface area (Å²) in [4.78, 5) is 0. The van der Waals surface area contributed by atoms with E-state index in [-0.39, 0.29) is 11.2 Å². The average molecular weight is 298 g/mol. The van der Waals surface area contributed by atoms with E-state index in [1.165, 1.54) is 12.1 Å². The molecule has 0 bridgehead atoms. The van der Waals surface area contributed by atoms with Crippen LogP contribution in [0.4, 0.5) is 4.39 Å². The van der Waals surface area contributed by atoms with Crippen molar-refractivity contribution in [1.29, 1.82) is 0 Å². The van der Waals surface area contributed by atoms with Gasteiger partial charge >= 0.3 is 0 Å². The fraction of sp³-hybridized carbons (Fsp3) is 0.538. The Labute approximate surface area is 117 Å². The van der Waals surface area contributed by atoms with Gasteiger partial charge < -0.3 is 0 Å². The van der Waals surface area contributed by atoms with Crippen LogP contribution in [-0.2, 0) is 6.42 Å². The smallest absolute Gasteiger partial charge is 0.123 e. The lowest BCUT2D eigenvalue weighted by Crippen LogP contribution is -2.28. The topological polar surface area (TPSA) is 0 Å². The van der Waals surface area contributed by atoms with E-state index < -0.39 is 0 Å². The maximum Gasteiger partial charge on any atom is 0.123 e. The summed E-state index contributed by atoms with van der Waals surface area (Å²) in [6, 6.07) is 4.39. The highest BCUT2D eigenvalue weighted by molar-refractivity contribution is 6.31. The van der Waals surface area contributed by atoms with Crippen molar-refractivity contribution in [3.8, 4) is 0 Å². The third-order valence-electron chi connectivity index (χ3n) is 2.92. The fourth-order valence-corrected chi connectivity index (χ4v) is 2.89. The Balaban J connectivity index is 2.96. The van der Waals surface area contributed by atoms with Crippen LogP contribution < -0.4 is 0 Å². The van der Waals surface area contributed by atoms with Gasteiger partial charge in [0.1, 0.15) is 5.82 Å². The number of rotatable bonds is 6. The van der Waals surface area contributed by atoms with E-state index in [4.69, 9.17) is 34.8 Å². The molecule has 0 aliphatic rings. The number of halogens is 4. The second kappa shape index (κ2) is 6.82. The van der Waals surface area contributed by atoms with Crippen LogP contribution in [0.25, 0.3) is 0 Å². The van der Waals surface area contributed by atoms with Gasteiger partial charge in [-0.1, -0.05) is 24.9 Å². The van der Waals surface area contributed by atoms with Crippen molar-refractivity contribution in [3.05, 3.63) is 34.6 Å². The molecule has 1 aromatic carbocycles. The summed E-state index contributed by atoms with van der Waals surface area (Å²) in [5.41, 5.74) is 0.580. The molecule has 0 spiro atoms. The summed E-state index contributed by atoms with van der Waals surface area (Å²) < 4.78 is 13.2. The van der Waals surface area contributed by atoms with Crippen molar-refractivity contribution in [2.45, 2.75) is 26.2 Å². The molecule has 17 heavy (non-hydrogen) atoms. The zero-order chi connectivity index (χ0) is 12.9. The molecule has 1 rings (SSSR count). The molecule has 0 saturated heterocycles. The van der Waals surface area contributed by atoms with Crippen LogP contribution in [0.3, 0.4) is 0 Å². The molecule has 0 aromatic heterocycles. The van der Waals surface area contributed by atoms with Gasteiger partial charge in [0.25, 0.3) is 0 Å². The normalized spacial score (nSPS) is 11.8. The molecular formula is C13H16Cl3F. The highest BCUT2D eigenvalue weighted by Crippen LogP contribution is 2.34. The SMILES string of the molecule is CCCC(CCl)(CCl)Cc1cc(F)ccc1Cl. The molecule has 0 aliphatic carbocycles. The molecule has 0 heterocycles. The highest BCUT2D eigenvalue weighted by atomic mass is 35.5. The molecule has 0 saturated carbocycles. The Bertz CT molecular complexity index is 362. The molecule has 0 N–H and O–H groups in total. The van der Waals surface area contributed by atoms with Crippen LogP contribution in [0.2, 0.25) is 5.02 Å². The summed E-state index contributed by atoms with van der Waals surface area (Å²) in [7, 11) is 0. The predicted molar refractivity (Wildman–Crippen MR) is 73.9 cm³/mol. The van der Waals surface area contributed by atoms with Gasteiger partial charge in [-0.3, -0.25) is 0 Å². The first-order valence-electron chi connectivity index (χ1n) is 5.63. The van der Waals surface area contributed by atoms with Gasteiger partial charge in [0.2, 0.25) is 0 Å². The molecule has 1 aromatic rings. The minimum absolute atomic E-state index is 0.199. The monoisotopic (exact) mass is 296 g/mol. The van der Waals surface area contributed by atoms with E-state index in [0.29, 0.717) is 23.2 Å². The van der Waals surface area contributed by atoms with Crippen molar-refractivity contribution in [3.63, 3.8) is 0 Å². The zero-order valence-electron chi connectivity index (χ0n) is 9.78. The van der Waals surface area contributed by atoms with Gasteiger partial charge in [0.05, 0.1) is 0 Å². The largest absolute Gasteiger partial charge is 0.207 e. The summed E-state index contributed by atoms with van der Waals surface area (Å²) in [5.74, 6) is 0.632. The van der Waals surface area contributed by atoms with Crippen LogP contribution in [0.1, 0.15) is 25.3 Å². The first-order valence-corrected chi connectivity index (χ1v) is 7.07. The molecule has 0 amide bonds. The van der Waals surface area contributed by atoms with Gasteiger partial charge in [-0.05, 0) is 36.6 Å². The van der Waals surface area contributed by atoms with Crippen molar-refractivity contribution >= 4 is 34.8 Å². The minimum atomic E-state index is -0.279. The molecular weight excluding hydrogens is 281 g/mol. The summed E-state index contributed by atoms with van der Waals surface area (Å²) in [6.45, 7) is 2.08. The first-order chi connectivity index (χ1) is 8.06. The van der Waals surface area contributed by atoms with Crippen LogP contribution in [0.5, 0.6) is 0 Å². The average Bonchev–Trinajstić information content (AvgIpc) is 2.33. The lowest BCUT2D eigenvalue weighted by atomic mass is 9.81. The van der Waals surface area contributed by atoms with E-state index in [2.05, 4.69) is 6.92 Å². The number of hydrogen-bond donors (Lipinski definition) is 0. The molecule has 0 unspecified atom stereocenters. The molecule has 0 radical (unpaired) electrons. The quantitative estimate of drug-likeness (QED) is 0.626. The fourth-order valence-electron chi connectivity index (χ4n) is 1.97. The minimum Gasteiger partial charge on any atom is -0.207 e. The van der Waals surface area contributed by atoms with Crippen LogP contribution in [-0.4, -0.2) is 11.8 Å². The van der Waals surface area contributed by atoms with Gasteiger partial charge in [0, 0.05) is 22.2 Å². The third-order valence-corrected chi connectivity index (χ3v) is 4.42. The van der Waals surface area contributed by atoms with E-state index in [1.807, 2.05) is 0 Å². The van der Waals surface area contributed by atoms with Crippen LogP contribution in [0, 0.1) is 11.2 Å². The Hall–Kier alpha value is 0.0200. The molecule has 0 aliphatic heterocycles. The Kier molecular flexibility index (Phi) is 6.05.